The summed E-state index contributed by atoms with van der Waals surface area (Å²) < 4.78 is 61.2. The van der Waals surface area contributed by atoms with Gasteiger partial charge in [-0.25, -0.2) is 0 Å². The summed E-state index contributed by atoms with van der Waals surface area (Å²) in [6.45, 7) is 0.713. The molecule has 9 heteroatoms. The molecule has 0 aliphatic carbocycles. The minimum Gasteiger partial charge on any atom is -0.186 e. The number of fused-ring (bicyclic) bond motifs is 1. The van der Waals surface area contributed by atoms with Crippen LogP contribution in [0.2, 0.25) is 0 Å². The van der Waals surface area contributed by atoms with Crippen LogP contribution in [0.3, 0.4) is 0 Å². The fraction of sp³-hybridized carbons (Fsp3) is 0.0588. The van der Waals surface area contributed by atoms with Gasteiger partial charge in [0.25, 0.3) is 5.69 Å². The van der Waals surface area contributed by atoms with E-state index in [1.54, 1.807) is 0 Å². The number of halogens is 6. The molecule has 0 spiro atoms. The van der Waals surface area contributed by atoms with Gasteiger partial charge in [-0.05, 0) is 16.8 Å². The molecule has 1 heterocycles. The third-order valence-corrected chi connectivity index (χ3v) is 3.28. The van der Waals surface area contributed by atoms with Gasteiger partial charge in [0.2, 0.25) is 0 Å². The van der Waals surface area contributed by atoms with Gasteiger partial charge in [-0.1, -0.05) is 42.5 Å². The summed E-state index contributed by atoms with van der Waals surface area (Å²) in [5.74, 6) is 0. The predicted octanol–water partition coefficient (Wildman–Crippen LogP) is 6.43. The summed E-state index contributed by atoms with van der Waals surface area (Å²) in [6.07, 6.45) is 1.94. The standard InChI is InChI=1S/C17H13N2.F6P/c18-12-16-9-3-4-11-19(16)13-15-8-5-7-14-6-1-2-10-17(14)15;1-7(2,3,4,5)6/h1-11H,13H2;/q+1;-1. The van der Waals surface area contributed by atoms with Crippen LogP contribution in [0.15, 0.2) is 66.9 Å². The zero-order chi connectivity index (χ0) is 19.5. The topological polar surface area (TPSA) is 27.7 Å². The summed E-state index contributed by atoms with van der Waals surface area (Å²) in [5.41, 5.74) is 1.90. The van der Waals surface area contributed by atoms with Crippen molar-refractivity contribution in [3.8, 4) is 6.07 Å². The van der Waals surface area contributed by atoms with Crippen LogP contribution < -0.4 is 4.57 Å². The van der Waals surface area contributed by atoms with Crippen LogP contribution >= 0.6 is 7.81 Å². The molecule has 1 aromatic heterocycles. The Morgan fingerprint density at radius 2 is 1.38 bits per heavy atom. The van der Waals surface area contributed by atoms with E-state index in [0.717, 1.165) is 0 Å². The zero-order valence-corrected chi connectivity index (χ0v) is 14.1. The normalized spacial score (nSPS) is 13.7. The van der Waals surface area contributed by atoms with E-state index < -0.39 is 7.81 Å². The first-order chi connectivity index (χ1) is 11.8. The fourth-order valence-corrected chi connectivity index (χ4v) is 2.33. The van der Waals surface area contributed by atoms with Crippen LogP contribution in [-0.2, 0) is 6.54 Å². The third kappa shape index (κ3) is 7.08. The Kier molecular flexibility index (Phi) is 4.73. The number of benzene rings is 2. The van der Waals surface area contributed by atoms with Crippen LogP contribution in [0.1, 0.15) is 11.3 Å². The molecule has 0 saturated heterocycles. The van der Waals surface area contributed by atoms with E-state index in [1.807, 2.05) is 41.1 Å². The molecule has 0 amide bonds. The van der Waals surface area contributed by atoms with Crippen LogP contribution in [0.5, 0.6) is 0 Å². The molecule has 138 valence electrons. The van der Waals surface area contributed by atoms with Crippen LogP contribution in [0, 0.1) is 11.3 Å². The Morgan fingerprint density at radius 1 is 0.808 bits per heavy atom. The summed E-state index contributed by atoms with van der Waals surface area (Å²) in [7, 11) is -10.7. The quantitative estimate of drug-likeness (QED) is 0.282. The molecule has 2 aromatic carbocycles. The van der Waals surface area contributed by atoms with Gasteiger partial charge in [-0.2, -0.15) is 9.83 Å². The number of pyridine rings is 1. The summed E-state index contributed by atoms with van der Waals surface area (Å²) >= 11 is 0. The van der Waals surface area contributed by atoms with Crippen molar-refractivity contribution in [1.29, 1.82) is 5.26 Å². The van der Waals surface area contributed by atoms with E-state index in [0.29, 0.717) is 12.2 Å². The maximum atomic E-state index is 9.87. The van der Waals surface area contributed by atoms with E-state index in [1.165, 1.54) is 16.3 Å². The second-order valence-electron chi connectivity index (χ2n) is 5.42. The van der Waals surface area contributed by atoms with Crippen LogP contribution in [0.25, 0.3) is 10.8 Å². The van der Waals surface area contributed by atoms with Gasteiger partial charge in [0, 0.05) is 17.7 Å². The molecular weight excluding hydrogens is 377 g/mol. The molecule has 0 saturated carbocycles. The summed E-state index contributed by atoms with van der Waals surface area (Å²) in [4.78, 5) is 0. The van der Waals surface area contributed by atoms with Crippen molar-refractivity contribution in [2.75, 3.05) is 0 Å². The molecule has 0 N–H and O–H groups in total. The summed E-state index contributed by atoms with van der Waals surface area (Å²) in [6, 6.07) is 22.5. The van der Waals surface area contributed by atoms with Gasteiger partial charge in [0.05, 0.1) is 0 Å². The Balaban J connectivity index is 0.000000298. The van der Waals surface area contributed by atoms with Gasteiger partial charge in [-0.3, -0.25) is 0 Å². The molecular formula is C17H13F6N2P. The SMILES string of the molecule is F[P-](F)(F)(F)(F)F.N#Cc1cccc[n+]1Cc1cccc2ccccc12. The second-order valence-corrected chi connectivity index (χ2v) is 7.34. The number of nitrogens with zero attached hydrogens (tertiary/aromatic N) is 2. The average Bonchev–Trinajstić information content (AvgIpc) is 2.53. The number of hydrogen-bond donors (Lipinski definition) is 0. The number of aromatic nitrogens is 1. The Hall–Kier alpha value is -2.65. The molecule has 0 unspecified atom stereocenters. The van der Waals surface area contributed by atoms with E-state index >= 15 is 0 Å². The molecule has 3 aromatic rings. The molecule has 0 aliphatic rings. The van der Waals surface area contributed by atoms with Crippen LogP contribution in [0.4, 0.5) is 25.2 Å². The smallest absolute Gasteiger partial charge is 0.186 e. The van der Waals surface area contributed by atoms with Gasteiger partial charge >= 0.3 is 33.0 Å². The minimum atomic E-state index is -10.7. The number of rotatable bonds is 2. The van der Waals surface area contributed by atoms with Crippen molar-refractivity contribution in [3.63, 3.8) is 0 Å². The summed E-state index contributed by atoms with van der Waals surface area (Å²) in [5, 5.41) is 11.6. The predicted molar refractivity (Wildman–Crippen MR) is 88.0 cm³/mol. The van der Waals surface area contributed by atoms with Gasteiger partial charge in [0.15, 0.2) is 18.8 Å². The number of nitriles is 1. The Bertz CT molecular complexity index is 961. The Labute approximate surface area is 145 Å². The first-order valence-electron chi connectivity index (χ1n) is 7.25. The van der Waals surface area contributed by atoms with Crippen molar-refractivity contribution in [2.24, 2.45) is 0 Å². The first kappa shape index (κ1) is 19.7. The van der Waals surface area contributed by atoms with E-state index in [2.05, 4.69) is 36.4 Å². The van der Waals surface area contributed by atoms with Gasteiger partial charge < -0.3 is 0 Å². The van der Waals surface area contributed by atoms with Gasteiger partial charge in [-0.15, -0.1) is 0 Å². The molecule has 3 rings (SSSR count). The molecule has 0 fully saturated rings. The monoisotopic (exact) mass is 390 g/mol. The molecule has 0 radical (unpaired) electrons. The Morgan fingerprint density at radius 3 is 2.04 bits per heavy atom. The van der Waals surface area contributed by atoms with Crippen molar-refractivity contribution < 1.29 is 29.7 Å². The average molecular weight is 390 g/mol. The van der Waals surface area contributed by atoms with Gasteiger partial charge in [0.1, 0.15) is 0 Å². The fourth-order valence-electron chi connectivity index (χ4n) is 2.33. The van der Waals surface area contributed by atoms with Crippen molar-refractivity contribution in [2.45, 2.75) is 6.54 Å². The van der Waals surface area contributed by atoms with E-state index in [4.69, 9.17) is 5.26 Å². The first-order valence-corrected chi connectivity index (χ1v) is 9.28. The second kappa shape index (κ2) is 6.26. The maximum Gasteiger partial charge on any atom is 0.283 e. The molecule has 0 atom stereocenters. The zero-order valence-electron chi connectivity index (χ0n) is 13.2. The van der Waals surface area contributed by atoms with E-state index in [-0.39, 0.29) is 0 Å². The number of hydrogen-bond acceptors (Lipinski definition) is 1. The largest absolute Gasteiger partial charge is 0.283 e. The third-order valence-electron chi connectivity index (χ3n) is 3.28. The molecule has 26 heavy (non-hydrogen) atoms. The van der Waals surface area contributed by atoms with Crippen LogP contribution in [-0.4, -0.2) is 0 Å². The molecule has 0 aliphatic heterocycles. The molecule has 2 nitrogen and oxygen atoms in total. The van der Waals surface area contributed by atoms with Crippen molar-refractivity contribution in [1.82, 2.24) is 0 Å². The maximum absolute atomic E-state index is 10.7. The minimum absolute atomic E-state index is 0.676. The van der Waals surface area contributed by atoms with E-state index in [9.17, 15) is 25.2 Å². The van der Waals surface area contributed by atoms with Crippen molar-refractivity contribution >= 4 is 18.6 Å². The van der Waals surface area contributed by atoms with Crippen molar-refractivity contribution in [3.05, 3.63) is 78.1 Å². The molecule has 0 bridgehead atoms.